The van der Waals surface area contributed by atoms with Gasteiger partial charge < -0.3 is 14.4 Å². The van der Waals surface area contributed by atoms with E-state index in [2.05, 4.69) is 4.74 Å². The zero-order valence-corrected chi connectivity index (χ0v) is 10.4. The molecule has 0 saturated heterocycles. The van der Waals surface area contributed by atoms with Gasteiger partial charge in [-0.3, -0.25) is 4.79 Å². The molecule has 0 unspecified atom stereocenters. The molecule has 1 aromatic carbocycles. The molecule has 0 atom stereocenters. The van der Waals surface area contributed by atoms with Gasteiger partial charge in [0.15, 0.2) is 0 Å². The Morgan fingerprint density at radius 3 is 2.33 bits per heavy atom. The van der Waals surface area contributed by atoms with E-state index in [-0.39, 0.29) is 12.3 Å². The number of ether oxygens (including phenoxy) is 1. The zero-order valence-electron chi connectivity index (χ0n) is 10.4. The standard InChI is InChI=1S/C13H15NO4/c1-10(16)14(8-3-9-15)12-6-4-11(5-7-12)13(17)18-2/h4-7,9H,3,8H2,1-2H3. The molecule has 0 fully saturated rings. The van der Waals surface area contributed by atoms with Crippen LogP contribution in [0.1, 0.15) is 23.7 Å². The predicted molar refractivity (Wildman–Crippen MR) is 66.5 cm³/mol. The van der Waals surface area contributed by atoms with Crippen molar-refractivity contribution in [3.8, 4) is 0 Å². The molecule has 18 heavy (non-hydrogen) atoms. The van der Waals surface area contributed by atoms with Crippen molar-refractivity contribution in [2.24, 2.45) is 0 Å². The summed E-state index contributed by atoms with van der Waals surface area (Å²) in [5.74, 6) is -0.577. The smallest absolute Gasteiger partial charge is 0.337 e. The molecule has 0 aliphatic rings. The van der Waals surface area contributed by atoms with Crippen molar-refractivity contribution in [3.05, 3.63) is 29.8 Å². The summed E-state index contributed by atoms with van der Waals surface area (Å²) >= 11 is 0. The van der Waals surface area contributed by atoms with Crippen molar-refractivity contribution in [2.75, 3.05) is 18.6 Å². The minimum absolute atomic E-state index is 0.150. The quantitative estimate of drug-likeness (QED) is 0.584. The normalized spacial score (nSPS) is 9.67. The van der Waals surface area contributed by atoms with Gasteiger partial charge >= 0.3 is 5.97 Å². The molecular weight excluding hydrogens is 234 g/mol. The number of rotatable bonds is 5. The van der Waals surface area contributed by atoms with Gasteiger partial charge in [0.1, 0.15) is 6.29 Å². The first-order chi connectivity index (χ1) is 8.60. The molecule has 1 amide bonds. The van der Waals surface area contributed by atoms with Crippen molar-refractivity contribution in [1.29, 1.82) is 0 Å². The molecule has 1 aromatic rings. The number of amides is 1. The largest absolute Gasteiger partial charge is 0.465 e. The summed E-state index contributed by atoms with van der Waals surface area (Å²) in [5.41, 5.74) is 1.07. The molecule has 96 valence electrons. The predicted octanol–water partition coefficient (Wildman–Crippen LogP) is 1.42. The number of nitrogens with zero attached hydrogens (tertiary/aromatic N) is 1. The van der Waals surface area contributed by atoms with Gasteiger partial charge in [-0.15, -0.1) is 0 Å². The van der Waals surface area contributed by atoms with Crippen molar-refractivity contribution in [3.63, 3.8) is 0 Å². The third-order valence-corrected chi connectivity index (χ3v) is 2.45. The van der Waals surface area contributed by atoms with Gasteiger partial charge in [-0.1, -0.05) is 0 Å². The highest BCUT2D eigenvalue weighted by atomic mass is 16.5. The van der Waals surface area contributed by atoms with Gasteiger partial charge in [-0.25, -0.2) is 4.79 Å². The molecule has 5 nitrogen and oxygen atoms in total. The Hall–Kier alpha value is -2.17. The number of hydrogen-bond donors (Lipinski definition) is 0. The van der Waals surface area contributed by atoms with Crippen molar-refractivity contribution in [2.45, 2.75) is 13.3 Å². The van der Waals surface area contributed by atoms with Gasteiger partial charge in [0.2, 0.25) is 5.91 Å². The number of benzene rings is 1. The first-order valence-corrected chi connectivity index (χ1v) is 5.50. The number of hydrogen-bond acceptors (Lipinski definition) is 4. The fourth-order valence-corrected chi connectivity index (χ4v) is 1.55. The van der Waals surface area contributed by atoms with E-state index < -0.39 is 5.97 Å². The minimum Gasteiger partial charge on any atom is -0.465 e. The second kappa shape index (κ2) is 6.54. The summed E-state index contributed by atoms with van der Waals surface area (Å²) in [4.78, 5) is 34.5. The van der Waals surface area contributed by atoms with Crippen LogP contribution >= 0.6 is 0 Å². The van der Waals surface area contributed by atoms with Gasteiger partial charge in [0.05, 0.1) is 12.7 Å². The van der Waals surface area contributed by atoms with Crippen molar-refractivity contribution >= 4 is 23.9 Å². The summed E-state index contributed by atoms with van der Waals surface area (Å²) < 4.78 is 4.58. The van der Waals surface area contributed by atoms with E-state index in [0.717, 1.165) is 6.29 Å². The van der Waals surface area contributed by atoms with Gasteiger partial charge in [-0.05, 0) is 24.3 Å². The van der Waals surface area contributed by atoms with Gasteiger partial charge in [0, 0.05) is 25.6 Å². The van der Waals surface area contributed by atoms with Crippen LogP contribution in [-0.2, 0) is 14.3 Å². The average molecular weight is 249 g/mol. The number of anilines is 1. The zero-order chi connectivity index (χ0) is 13.5. The topological polar surface area (TPSA) is 63.7 Å². The Bertz CT molecular complexity index is 439. The summed E-state index contributed by atoms with van der Waals surface area (Å²) in [6.07, 6.45) is 1.04. The molecule has 0 radical (unpaired) electrons. The monoisotopic (exact) mass is 249 g/mol. The van der Waals surface area contributed by atoms with Crippen LogP contribution in [0.15, 0.2) is 24.3 Å². The van der Waals surface area contributed by atoms with E-state index in [9.17, 15) is 14.4 Å². The Morgan fingerprint density at radius 2 is 1.89 bits per heavy atom. The lowest BCUT2D eigenvalue weighted by Gasteiger charge is -2.20. The summed E-state index contributed by atoms with van der Waals surface area (Å²) in [7, 11) is 1.31. The van der Waals surface area contributed by atoms with E-state index in [1.165, 1.54) is 18.9 Å². The van der Waals surface area contributed by atoms with E-state index in [4.69, 9.17) is 0 Å². The first-order valence-electron chi connectivity index (χ1n) is 5.50. The highest BCUT2D eigenvalue weighted by Crippen LogP contribution is 2.16. The van der Waals surface area contributed by atoms with Crippen LogP contribution in [0.2, 0.25) is 0 Å². The number of methoxy groups -OCH3 is 1. The number of esters is 1. The fourth-order valence-electron chi connectivity index (χ4n) is 1.55. The maximum atomic E-state index is 11.4. The molecule has 0 spiro atoms. The van der Waals surface area contributed by atoms with Crippen molar-refractivity contribution in [1.82, 2.24) is 0 Å². The van der Waals surface area contributed by atoms with E-state index in [1.54, 1.807) is 24.3 Å². The lowest BCUT2D eigenvalue weighted by atomic mass is 10.2. The van der Waals surface area contributed by atoms with Crippen LogP contribution in [0, 0.1) is 0 Å². The second-order valence-corrected chi connectivity index (χ2v) is 3.66. The van der Waals surface area contributed by atoms with E-state index in [0.29, 0.717) is 17.8 Å². The van der Waals surface area contributed by atoms with Crippen LogP contribution in [0.4, 0.5) is 5.69 Å². The number of carbonyl (C=O) groups excluding carboxylic acids is 3. The first kappa shape index (κ1) is 13.9. The van der Waals surface area contributed by atoms with E-state index >= 15 is 0 Å². The van der Waals surface area contributed by atoms with Crippen LogP contribution in [0.5, 0.6) is 0 Å². The number of aldehydes is 1. The molecule has 0 heterocycles. The SMILES string of the molecule is COC(=O)c1ccc(N(CCC=O)C(C)=O)cc1. The summed E-state index contributed by atoms with van der Waals surface area (Å²) in [6, 6.07) is 6.47. The molecule has 0 aliphatic heterocycles. The lowest BCUT2D eigenvalue weighted by molar-refractivity contribution is -0.116. The van der Waals surface area contributed by atoms with Crippen LogP contribution in [0.25, 0.3) is 0 Å². The number of carbonyl (C=O) groups is 3. The fraction of sp³-hybridized carbons (Fsp3) is 0.308. The molecule has 1 rings (SSSR count). The molecule has 0 saturated carbocycles. The molecular formula is C13H15NO4. The van der Waals surface area contributed by atoms with Crippen LogP contribution < -0.4 is 4.90 Å². The van der Waals surface area contributed by atoms with Crippen LogP contribution in [-0.4, -0.2) is 31.8 Å². The Kier molecular flexibility index (Phi) is 5.05. The lowest BCUT2D eigenvalue weighted by Crippen LogP contribution is -2.29. The molecule has 0 aromatic heterocycles. The summed E-state index contributed by atoms with van der Waals surface area (Å²) in [6.45, 7) is 1.76. The maximum absolute atomic E-state index is 11.4. The molecule has 0 aliphatic carbocycles. The second-order valence-electron chi connectivity index (χ2n) is 3.66. The highest BCUT2D eigenvalue weighted by molar-refractivity contribution is 5.93. The maximum Gasteiger partial charge on any atom is 0.337 e. The molecule has 0 bridgehead atoms. The third kappa shape index (κ3) is 3.41. The van der Waals surface area contributed by atoms with Gasteiger partial charge in [-0.2, -0.15) is 0 Å². The average Bonchev–Trinajstić information content (AvgIpc) is 2.38. The van der Waals surface area contributed by atoms with Crippen LogP contribution in [0.3, 0.4) is 0 Å². The van der Waals surface area contributed by atoms with E-state index in [1.807, 2.05) is 0 Å². The Morgan fingerprint density at radius 1 is 1.28 bits per heavy atom. The van der Waals surface area contributed by atoms with Gasteiger partial charge in [0.25, 0.3) is 0 Å². The minimum atomic E-state index is -0.427. The molecule has 0 N–H and O–H groups in total. The summed E-state index contributed by atoms with van der Waals surface area (Å²) in [5, 5.41) is 0. The molecule has 5 heteroatoms. The highest BCUT2D eigenvalue weighted by Gasteiger charge is 2.12. The van der Waals surface area contributed by atoms with Crippen molar-refractivity contribution < 1.29 is 19.1 Å². The Labute approximate surface area is 105 Å². The third-order valence-electron chi connectivity index (χ3n) is 2.45. The Balaban J connectivity index is 2.89.